The fourth-order valence-electron chi connectivity index (χ4n) is 2.87. The lowest BCUT2D eigenvalue weighted by Gasteiger charge is -2.34. The van der Waals surface area contributed by atoms with Crippen molar-refractivity contribution >= 4 is 17.3 Å². The zero-order valence-corrected chi connectivity index (χ0v) is 10.8. The molecule has 1 N–H and O–H groups in total. The van der Waals surface area contributed by atoms with Gasteiger partial charge in [0.15, 0.2) is 0 Å². The molecule has 1 aromatic rings. The minimum absolute atomic E-state index is 0.222. The molecule has 96 valence electrons. The molecule has 18 heavy (non-hydrogen) atoms. The zero-order chi connectivity index (χ0) is 12.5. The summed E-state index contributed by atoms with van der Waals surface area (Å²) in [5.41, 5.74) is 3.73. The molecule has 2 aliphatic heterocycles. The average Bonchev–Trinajstić information content (AvgIpc) is 2.43. The van der Waals surface area contributed by atoms with Crippen molar-refractivity contribution in [3.05, 3.63) is 23.8 Å². The van der Waals surface area contributed by atoms with Gasteiger partial charge in [0, 0.05) is 51.0 Å². The molecule has 1 aromatic carbocycles. The fourth-order valence-corrected chi connectivity index (χ4v) is 2.87. The van der Waals surface area contributed by atoms with Gasteiger partial charge < -0.3 is 15.1 Å². The van der Waals surface area contributed by atoms with Gasteiger partial charge in [-0.05, 0) is 24.1 Å². The highest BCUT2D eigenvalue weighted by Crippen LogP contribution is 2.34. The highest BCUT2D eigenvalue weighted by Gasteiger charge is 2.25. The Hall–Kier alpha value is -1.55. The predicted octanol–water partition coefficient (Wildman–Crippen LogP) is 1.01. The van der Waals surface area contributed by atoms with Crippen molar-refractivity contribution in [1.82, 2.24) is 5.32 Å². The molecule has 3 rings (SSSR count). The predicted molar refractivity (Wildman–Crippen MR) is 73.3 cm³/mol. The van der Waals surface area contributed by atoms with Crippen molar-refractivity contribution in [2.45, 2.75) is 12.8 Å². The molecule has 0 radical (unpaired) electrons. The number of piperazine rings is 1. The van der Waals surface area contributed by atoms with Crippen LogP contribution in [0.1, 0.15) is 12.0 Å². The Morgan fingerprint density at radius 1 is 1.11 bits per heavy atom. The van der Waals surface area contributed by atoms with Crippen LogP contribution in [0.4, 0.5) is 11.4 Å². The Kier molecular flexibility index (Phi) is 2.96. The monoisotopic (exact) mass is 245 g/mol. The minimum Gasteiger partial charge on any atom is -0.369 e. The number of nitrogens with one attached hydrogen (secondary N) is 1. The third-order valence-electron chi connectivity index (χ3n) is 3.91. The molecule has 0 aromatic heterocycles. The molecule has 0 saturated carbocycles. The van der Waals surface area contributed by atoms with Crippen LogP contribution in [-0.4, -0.2) is 39.1 Å². The molecule has 0 aliphatic carbocycles. The van der Waals surface area contributed by atoms with E-state index < -0.39 is 0 Å². The molecule has 2 heterocycles. The fraction of sp³-hybridized carbons (Fsp3) is 0.500. The highest BCUT2D eigenvalue weighted by molar-refractivity contribution is 5.97. The maximum atomic E-state index is 11.7. The van der Waals surface area contributed by atoms with Crippen molar-refractivity contribution in [2.75, 3.05) is 43.0 Å². The van der Waals surface area contributed by atoms with E-state index in [-0.39, 0.29) is 5.91 Å². The number of amides is 1. The van der Waals surface area contributed by atoms with Crippen LogP contribution in [0.25, 0.3) is 0 Å². The molecule has 0 bridgehead atoms. The van der Waals surface area contributed by atoms with Gasteiger partial charge in [-0.25, -0.2) is 0 Å². The second-order valence-corrected chi connectivity index (χ2v) is 4.96. The summed E-state index contributed by atoms with van der Waals surface area (Å²) in [4.78, 5) is 16.0. The highest BCUT2D eigenvalue weighted by atomic mass is 16.2. The third-order valence-corrected chi connectivity index (χ3v) is 3.91. The van der Waals surface area contributed by atoms with Gasteiger partial charge in [-0.2, -0.15) is 0 Å². The summed E-state index contributed by atoms with van der Waals surface area (Å²) >= 11 is 0. The smallest absolute Gasteiger partial charge is 0.227 e. The van der Waals surface area contributed by atoms with Gasteiger partial charge in [-0.1, -0.05) is 6.07 Å². The molecule has 4 heteroatoms. The van der Waals surface area contributed by atoms with Crippen LogP contribution in [0, 0.1) is 0 Å². The lowest BCUT2D eigenvalue weighted by Crippen LogP contribution is -2.44. The topological polar surface area (TPSA) is 35.6 Å². The second kappa shape index (κ2) is 4.61. The van der Waals surface area contributed by atoms with E-state index in [1.54, 1.807) is 4.90 Å². The Morgan fingerprint density at radius 3 is 2.61 bits per heavy atom. The van der Waals surface area contributed by atoms with Crippen molar-refractivity contribution in [2.24, 2.45) is 0 Å². The minimum atomic E-state index is 0.222. The average molecular weight is 245 g/mol. The van der Waals surface area contributed by atoms with E-state index in [0.29, 0.717) is 6.42 Å². The van der Waals surface area contributed by atoms with E-state index in [4.69, 9.17) is 0 Å². The standard InChI is InChI=1S/C14H19N3O/c1-16-12-3-2-4-13(11(12)5-6-14(16)18)17-9-7-15-8-10-17/h2-4,15H,5-10H2,1H3. The summed E-state index contributed by atoms with van der Waals surface area (Å²) in [5, 5.41) is 3.37. The summed E-state index contributed by atoms with van der Waals surface area (Å²) in [6.45, 7) is 4.18. The number of fused-ring (bicyclic) bond motifs is 1. The number of rotatable bonds is 1. The summed E-state index contributed by atoms with van der Waals surface area (Å²) in [5.74, 6) is 0.222. The van der Waals surface area contributed by atoms with Crippen LogP contribution in [0.15, 0.2) is 18.2 Å². The largest absolute Gasteiger partial charge is 0.369 e. The van der Waals surface area contributed by atoms with Crippen molar-refractivity contribution in [1.29, 1.82) is 0 Å². The molecule has 0 spiro atoms. The number of nitrogens with zero attached hydrogens (tertiary/aromatic N) is 2. The zero-order valence-electron chi connectivity index (χ0n) is 10.8. The van der Waals surface area contributed by atoms with E-state index in [0.717, 1.165) is 38.3 Å². The van der Waals surface area contributed by atoms with Gasteiger partial charge >= 0.3 is 0 Å². The molecule has 4 nitrogen and oxygen atoms in total. The quantitative estimate of drug-likeness (QED) is 0.802. The van der Waals surface area contributed by atoms with E-state index in [1.165, 1.54) is 11.3 Å². The molecular formula is C14H19N3O. The number of hydrogen-bond donors (Lipinski definition) is 1. The van der Waals surface area contributed by atoms with Crippen LogP contribution in [0.5, 0.6) is 0 Å². The van der Waals surface area contributed by atoms with Crippen LogP contribution in [0.3, 0.4) is 0 Å². The number of anilines is 2. The van der Waals surface area contributed by atoms with Gasteiger partial charge in [0.25, 0.3) is 0 Å². The summed E-state index contributed by atoms with van der Waals surface area (Å²) in [6.07, 6.45) is 1.51. The second-order valence-electron chi connectivity index (χ2n) is 4.96. The lowest BCUT2D eigenvalue weighted by molar-refractivity contribution is -0.118. The molecule has 1 saturated heterocycles. The van der Waals surface area contributed by atoms with Crippen molar-refractivity contribution < 1.29 is 4.79 Å². The van der Waals surface area contributed by atoms with E-state index in [2.05, 4.69) is 28.4 Å². The van der Waals surface area contributed by atoms with Crippen LogP contribution in [-0.2, 0) is 11.2 Å². The van der Waals surface area contributed by atoms with E-state index in [1.807, 2.05) is 7.05 Å². The number of carbonyl (C=O) groups excluding carboxylic acids is 1. The Labute approximate surface area is 108 Å². The Morgan fingerprint density at radius 2 is 1.83 bits per heavy atom. The third kappa shape index (κ3) is 1.86. The molecule has 1 fully saturated rings. The summed E-state index contributed by atoms with van der Waals surface area (Å²) in [6, 6.07) is 6.30. The Bertz CT molecular complexity index is 466. The van der Waals surface area contributed by atoms with Crippen LogP contribution < -0.4 is 15.1 Å². The van der Waals surface area contributed by atoms with Gasteiger partial charge in [0.05, 0.1) is 0 Å². The summed E-state index contributed by atoms with van der Waals surface area (Å²) in [7, 11) is 1.88. The molecule has 0 atom stereocenters. The van der Waals surface area contributed by atoms with Gasteiger partial charge in [0.2, 0.25) is 5.91 Å². The first-order valence-electron chi connectivity index (χ1n) is 6.61. The molecule has 0 unspecified atom stereocenters. The van der Waals surface area contributed by atoms with Gasteiger partial charge in [-0.3, -0.25) is 4.79 Å². The maximum Gasteiger partial charge on any atom is 0.227 e. The van der Waals surface area contributed by atoms with Gasteiger partial charge in [0.1, 0.15) is 0 Å². The lowest BCUT2D eigenvalue weighted by atomic mass is 9.98. The normalized spacial score (nSPS) is 19.9. The molecule has 1 amide bonds. The maximum absolute atomic E-state index is 11.7. The molecule has 2 aliphatic rings. The first-order chi connectivity index (χ1) is 8.77. The number of hydrogen-bond acceptors (Lipinski definition) is 3. The van der Waals surface area contributed by atoms with Crippen molar-refractivity contribution in [3.63, 3.8) is 0 Å². The van der Waals surface area contributed by atoms with Crippen LogP contribution >= 0.6 is 0 Å². The molecular weight excluding hydrogens is 226 g/mol. The van der Waals surface area contributed by atoms with Crippen LogP contribution in [0.2, 0.25) is 0 Å². The SMILES string of the molecule is CN1C(=O)CCc2c(N3CCNCC3)cccc21. The number of carbonyl (C=O) groups is 1. The van der Waals surface area contributed by atoms with E-state index in [9.17, 15) is 4.79 Å². The van der Waals surface area contributed by atoms with Crippen molar-refractivity contribution in [3.8, 4) is 0 Å². The summed E-state index contributed by atoms with van der Waals surface area (Å²) < 4.78 is 0. The Balaban J connectivity index is 1.98. The van der Waals surface area contributed by atoms with Gasteiger partial charge in [-0.15, -0.1) is 0 Å². The first kappa shape index (κ1) is 11.5. The van der Waals surface area contributed by atoms with E-state index >= 15 is 0 Å². The first-order valence-corrected chi connectivity index (χ1v) is 6.61. The number of benzene rings is 1.